The zero-order chi connectivity index (χ0) is 21.4. The number of ether oxygens (including phenoxy) is 2. The maximum Gasteiger partial charge on any atom is 0.490 e. The van der Waals surface area contributed by atoms with Crippen molar-refractivity contribution in [3.05, 3.63) is 34.1 Å². The van der Waals surface area contributed by atoms with Gasteiger partial charge in [0.15, 0.2) is 11.6 Å². The van der Waals surface area contributed by atoms with Gasteiger partial charge in [0.1, 0.15) is 0 Å². The second kappa shape index (κ2) is 10.6. The quantitative estimate of drug-likeness (QED) is 0.428. The summed E-state index contributed by atoms with van der Waals surface area (Å²) in [6, 6.07) is 2.06. The van der Waals surface area contributed by atoms with E-state index in [1.54, 1.807) is 0 Å². The van der Waals surface area contributed by atoms with Crippen molar-refractivity contribution in [2.75, 3.05) is 13.7 Å². The number of carboxylic acids is 1. The van der Waals surface area contributed by atoms with E-state index >= 15 is 0 Å². The predicted molar refractivity (Wildman–Crippen MR) is 80.8 cm³/mol. The van der Waals surface area contributed by atoms with Crippen molar-refractivity contribution in [1.29, 1.82) is 0 Å². The maximum atomic E-state index is 13.6. The van der Waals surface area contributed by atoms with Gasteiger partial charge in [-0.1, -0.05) is 11.6 Å². The average Bonchev–Trinajstić information content (AvgIpc) is 2.54. The van der Waals surface area contributed by atoms with Gasteiger partial charge in [0, 0.05) is 6.54 Å². The highest BCUT2D eigenvalue weighted by atomic mass is 35.5. The highest BCUT2D eigenvalue weighted by molar-refractivity contribution is 6.32. The van der Waals surface area contributed by atoms with Crippen LogP contribution in [-0.2, 0) is 14.3 Å². The number of hydrogen-bond donors (Lipinski definition) is 2. The molecule has 27 heavy (non-hydrogen) atoms. The van der Waals surface area contributed by atoms with Gasteiger partial charge in [-0.05, 0) is 23.8 Å². The molecule has 0 aliphatic heterocycles. The first-order valence-electron chi connectivity index (χ1n) is 6.56. The Morgan fingerprint density at radius 2 is 1.85 bits per heavy atom. The first-order valence-corrected chi connectivity index (χ1v) is 6.94. The van der Waals surface area contributed by atoms with Crippen LogP contribution in [0.2, 0.25) is 5.02 Å². The van der Waals surface area contributed by atoms with Gasteiger partial charge in [0.25, 0.3) is 0 Å². The third kappa shape index (κ3) is 8.64. The predicted octanol–water partition coefficient (Wildman–Crippen LogP) is 3.23. The number of carbonyl (C=O) groups is 2. The summed E-state index contributed by atoms with van der Waals surface area (Å²) >= 11 is 5.64. The van der Waals surface area contributed by atoms with Crippen molar-refractivity contribution < 1.29 is 50.5 Å². The van der Waals surface area contributed by atoms with E-state index in [1.807, 2.05) is 0 Å². The van der Waals surface area contributed by atoms with Gasteiger partial charge in [-0.2, -0.15) is 22.0 Å². The number of halogens is 7. The normalized spacial score (nSPS) is 11.6. The van der Waals surface area contributed by atoms with Crippen molar-refractivity contribution in [1.82, 2.24) is 0 Å². The van der Waals surface area contributed by atoms with Crippen molar-refractivity contribution in [2.45, 2.75) is 12.8 Å². The van der Waals surface area contributed by atoms with Gasteiger partial charge in [-0.25, -0.2) is 14.0 Å². The minimum Gasteiger partial charge on any atom is -0.475 e. The molecule has 1 aromatic carbocycles. The maximum absolute atomic E-state index is 13.6. The number of methoxy groups -OCH3 is 1. The third-order valence-corrected chi connectivity index (χ3v) is 2.76. The minimum atomic E-state index is -5.08. The Balaban J connectivity index is 0.000000821. The molecule has 0 aromatic heterocycles. The van der Waals surface area contributed by atoms with Gasteiger partial charge in [0.2, 0.25) is 0 Å². The van der Waals surface area contributed by atoms with Crippen LogP contribution in [-0.4, -0.2) is 43.5 Å². The van der Waals surface area contributed by atoms with Crippen LogP contribution in [0.5, 0.6) is 5.75 Å². The van der Waals surface area contributed by atoms with Crippen LogP contribution in [0.25, 0.3) is 6.08 Å². The van der Waals surface area contributed by atoms with Crippen LogP contribution < -0.4 is 10.5 Å². The van der Waals surface area contributed by atoms with E-state index in [1.165, 1.54) is 19.3 Å². The van der Waals surface area contributed by atoms with E-state index < -0.39 is 36.3 Å². The van der Waals surface area contributed by atoms with Gasteiger partial charge < -0.3 is 20.3 Å². The lowest BCUT2D eigenvalue weighted by Crippen LogP contribution is -2.21. The summed E-state index contributed by atoms with van der Waals surface area (Å²) in [5.74, 6) is -5.28. The number of benzene rings is 1. The number of alkyl halides is 5. The van der Waals surface area contributed by atoms with Crippen molar-refractivity contribution in [2.24, 2.45) is 5.73 Å². The first kappa shape index (κ1) is 24.5. The van der Waals surface area contributed by atoms with E-state index in [9.17, 15) is 31.1 Å². The fraction of sp³-hybridized carbons (Fsp3) is 0.286. The lowest BCUT2D eigenvalue weighted by Gasteiger charge is -2.09. The van der Waals surface area contributed by atoms with Crippen LogP contribution in [0.15, 0.2) is 17.7 Å². The summed E-state index contributed by atoms with van der Waals surface area (Å²) in [6.45, 7) is -3.33. The molecule has 0 atom stereocenters. The summed E-state index contributed by atoms with van der Waals surface area (Å²) in [5.41, 5.74) is 5.59. The third-order valence-electron chi connectivity index (χ3n) is 2.48. The molecule has 0 aliphatic rings. The average molecular weight is 424 g/mol. The molecule has 0 radical (unpaired) electrons. The molecular weight excluding hydrogens is 412 g/mol. The number of aliphatic carboxylic acids is 1. The SMILES string of the molecule is COC(=O)/C(=C/c1cc(F)c(OC(F)F)c(Cl)c1)CN.O=C(O)C(F)(F)F. The standard InChI is InChI=1S/C12H11ClF3NO3.C2HF3O2/c1-19-11(18)7(5-17)2-6-3-8(13)10(9(14)4-6)20-12(15)16;3-2(4,5)1(6)7/h2-4,12H,5,17H2,1H3;(H,6,7)/b7-2+;. The zero-order valence-electron chi connectivity index (χ0n) is 13.3. The highest BCUT2D eigenvalue weighted by Gasteiger charge is 2.38. The molecule has 1 rings (SSSR count). The summed E-state index contributed by atoms with van der Waals surface area (Å²) in [4.78, 5) is 20.2. The number of esters is 1. The van der Waals surface area contributed by atoms with Crippen LogP contribution in [0.1, 0.15) is 5.56 Å². The van der Waals surface area contributed by atoms with Crippen LogP contribution >= 0.6 is 11.6 Å². The number of rotatable bonds is 5. The van der Waals surface area contributed by atoms with Crippen LogP contribution in [0.3, 0.4) is 0 Å². The van der Waals surface area contributed by atoms with E-state index in [0.717, 1.165) is 6.07 Å². The Morgan fingerprint density at radius 1 is 1.33 bits per heavy atom. The lowest BCUT2D eigenvalue weighted by atomic mass is 10.1. The van der Waals surface area contributed by atoms with E-state index in [0.29, 0.717) is 0 Å². The molecule has 152 valence electrons. The van der Waals surface area contributed by atoms with Gasteiger partial charge in [-0.15, -0.1) is 0 Å². The van der Waals surface area contributed by atoms with Crippen molar-refractivity contribution in [3.63, 3.8) is 0 Å². The molecule has 0 unspecified atom stereocenters. The molecule has 6 nitrogen and oxygen atoms in total. The zero-order valence-corrected chi connectivity index (χ0v) is 14.1. The topological polar surface area (TPSA) is 98.9 Å². The summed E-state index contributed by atoms with van der Waals surface area (Å²) in [6.07, 6.45) is -3.84. The molecule has 0 saturated heterocycles. The second-order valence-corrected chi connectivity index (χ2v) is 4.77. The molecule has 1 aromatic rings. The number of hydrogen-bond acceptors (Lipinski definition) is 5. The van der Waals surface area contributed by atoms with E-state index in [4.69, 9.17) is 27.2 Å². The molecule has 0 spiro atoms. The Morgan fingerprint density at radius 3 is 2.19 bits per heavy atom. The number of nitrogens with two attached hydrogens (primary N) is 1. The van der Waals surface area contributed by atoms with Crippen LogP contribution in [0.4, 0.5) is 26.3 Å². The van der Waals surface area contributed by atoms with E-state index in [2.05, 4.69) is 9.47 Å². The monoisotopic (exact) mass is 423 g/mol. The second-order valence-electron chi connectivity index (χ2n) is 4.36. The molecule has 0 aliphatic carbocycles. The van der Waals surface area contributed by atoms with E-state index in [-0.39, 0.29) is 22.7 Å². The molecule has 13 heteroatoms. The minimum absolute atomic E-state index is 0.0745. The molecule has 0 fully saturated rings. The Hall–Kier alpha value is -2.47. The van der Waals surface area contributed by atoms with Gasteiger partial charge >= 0.3 is 24.7 Å². The molecule has 0 heterocycles. The number of carboxylic acid groups (broad SMARTS) is 1. The molecule has 0 bridgehead atoms. The Kier molecular flexibility index (Phi) is 9.65. The van der Waals surface area contributed by atoms with Gasteiger partial charge in [-0.3, -0.25) is 0 Å². The fourth-order valence-corrected chi connectivity index (χ4v) is 1.66. The smallest absolute Gasteiger partial charge is 0.475 e. The summed E-state index contributed by atoms with van der Waals surface area (Å²) in [7, 11) is 1.17. The Labute approximate surface area is 153 Å². The summed E-state index contributed by atoms with van der Waals surface area (Å²) < 4.78 is 77.9. The fourth-order valence-electron chi connectivity index (χ4n) is 1.40. The first-order chi connectivity index (χ1) is 12.3. The largest absolute Gasteiger partial charge is 0.490 e. The molecule has 0 saturated carbocycles. The van der Waals surface area contributed by atoms with Crippen molar-refractivity contribution in [3.8, 4) is 5.75 Å². The molecule has 0 amide bonds. The highest BCUT2D eigenvalue weighted by Crippen LogP contribution is 2.31. The Bertz CT molecular complexity index is 685. The number of carbonyl (C=O) groups excluding carboxylic acids is 1. The molecule has 3 N–H and O–H groups in total. The molecular formula is C14H12ClF6NO5. The summed E-state index contributed by atoms with van der Waals surface area (Å²) in [5, 5.41) is 6.78. The van der Waals surface area contributed by atoms with Gasteiger partial charge in [0.05, 0.1) is 17.7 Å². The lowest BCUT2D eigenvalue weighted by molar-refractivity contribution is -0.192. The van der Waals surface area contributed by atoms with Crippen LogP contribution in [0, 0.1) is 5.82 Å². The van der Waals surface area contributed by atoms with Crippen molar-refractivity contribution >= 4 is 29.6 Å².